The third kappa shape index (κ3) is 3.78. The van der Waals surface area contributed by atoms with Gasteiger partial charge in [0.15, 0.2) is 0 Å². The summed E-state index contributed by atoms with van der Waals surface area (Å²) in [6.45, 7) is 4.21. The zero-order chi connectivity index (χ0) is 22.8. The summed E-state index contributed by atoms with van der Waals surface area (Å²) in [7, 11) is 0. The first-order chi connectivity index (χ1) is 15.4. The summed E-state index contributed by atoms with van der Waals surface area (Å²) in [5.41, 5.74) is 15.6. The molecule has 32 heavy (non-hydrogen) atoms. The van der Waals surface area contributed by atoms with Crippen LogP contribution in [0, 0.1) is 11.3 Å². The Morgan fingerprint density at radius 1 is 1.34 bits per heavy atom. The van der Waals surface area contributed by atoms with E-state index in [-0.39, 0.29) is 23.7 Å². The molecule has 2 atom stereocenters. The van der Waals surface area contributed by atoms with Crippen LogP contribution in [0.2, 0.25) is 0 Å². The molecule has 3 heterocycles. The highest BCUT2D eigenvalue weighted by molar-refractivity contribution is 6.03. The number of ether oxygens (including phenoxy) is 1. The number of hydrogen-bond acceptors (Lipinski definition) is 6. The average Bonchev–Trinajstić information content (AvgIpc) is 3.22. The molecule has 2 aliphatic heterocycles. The van der Waals surface area contributed by atoms with Crippen molar-refractivity contribution in [3.8, 4) is 11.8 Å². The summed E-state index contributed by atoms with van der Waals surface area (Å²) in [5.74, 6) is 0.153. The van der Waals surface area contributed by atoms with Crippen molar-refractivity contribution in [2.75, 3.05) is 0 Å². The quantitative estimate of drug-likeness (QED) is 0.749. The lowest BCUT2D eigenvalue weighted by atomic mass is 9.79. The standard InChI is InChI=1S/C24H26N6O2/c1-3-4-18-21-19(10-5-14(2)29-18)32-23(27)17(13-25)20(21)15-6-8-16(9-7-15)30-12-11-28-24(30)22(26)31/h6-9,11-12,14,20H,3-5,10,27H2,1-2H3,(H2,26,31). The number of nitrogens with two attached hydrogens (primary N) is 2. The third-order valence-electron chi connectivity index (χ3n) is 5.83. The van der Waals surface area contributed by atoms with E-state index in [0.717, 1.165) is 54.0 Å². The number of amides is 1. The van der Waals surface area contributed by atoms with Crippen LogP contribution in [0.1, 0.15) is 61.6 Å². The zero-order valence-corrected chi connectivity index (χ0v) is 18.2. The van der Waals surface area contributed by atoms with Crippen LogP contribution in [0.3, 0.4) is 0 Å². The van der Waals surface area contributed by atoms with Gasteiger partial charge in [-0.25, -0.2) is 4.98 Å². The van der Waals surface area contributed by atoms with Gasteiger partial charge in [0.25, 0.3) is 5.91 Å². The second kappa shape index (κ2) is 8.71. The first-order valence-corrected chi connectivity index (χ1v) is 10.8. The molecule has 2 aliphatic rings. The Bertz CT molecular complexity index is 1180. The van der Waals surface area contributed by atoms with Crippen LogP contribution in [0.5, 0.6) is 0 Å². The lowest BCUT2D eigenvalue weighted by Gasteiger charge is -2.29. The molecule has 8 heteroatoms. The van der Waals surface area contributed by atoms with Crippen molar-refractivity contribution < 1.29 is 9.53 Å². The fraction of sp³-hybridized carbons (Fsp3) is 0.333. The molecule has 0 bridgehead atoms. The molecule has 164 valence electrons. The molecule has 0 saturated carbocycles. The van der Waals surface area contributed by atoms with E-state index in [2.05, 4.69) is 24.9 Å². The summed E-state index contributed by atoms with van der Waals surface area (Å²) in [6, 6.07) is 10.1. The van der Waals surface area contributed by atoms with E-state index >= 15 is 0 Å². The van der Waals surface area contributed by atoms with Gasteiger partial charge in [-0.1, -0.05) is 25.5 Å². The maximum absolute atomic E-state index is 11.7. The number of primary amides is 1. The van der Waals surface area contributed by atoms with Gasteiger partial charge in [-0.15, -0.1) is 0 Å². The summed E-state index contributed by atoms with van der Waals surface area (Å²) < 4.78 is 7.58. The first-order valence-electron chi connectivity index (χ1n) is 10.8. The Kier molecular flexibility index (Phi) is 5.82. The Hall–Kier alpha value is -3.86. The van der Waals surface area contributed by atoms with Gasteiger partial charge in [0.2, 0.25) is 11.7 Å². The van der Waals surface area contributed by atoms with Crippen molar-refractivity contribution in [1.82, 2.24) is 9.55 Å². The Labute approximate surface area is 186 Å². The van der Waals surface area contributed by atoms with Gasteiger partial charge < -0.3 is 16.2 Å². The number of benzene rings is 1. The summed E-state index contributed by atoms with van der Waals surface area (Å²) in [5, 5.41) is 9.93. The molecular formula is C24H26N6O2. The molecule has 1 amide bonds. The molecule has 0 spiro atoms. The van der Waals surface area contributed by atoms with Crippen LogP contribution < -0.4 is 11.5 Å². The van der Waals surface area contributed by atoms with Crippen molar-refractivity contribution >= 4 is 11.6 Å². The van der Waals surface area contributed by atoms with Crippen molar-refractivity contribution in [1.29, 1.82) is 5.26 Å². The Balaban J connectivity index is 1.81. The van der Waals surface area contributed by atoms with Gasteiger partial charge in [0.05, 0.1) is 5.92 Å². The number of imidazole rings is 1. The minimum absolute atomic E-state index is 0.149. The van der Waals surface area contributed by atoms with Crippen molar-refractivity contribution in [2.24, 2.45) is 16.5 Å². The number of carbonyl (C=O) groups is 1. The van der Waals surface area contributed by atoms with E-state index in [9.17, 15) is 10.1 Å². The average molecular weight is 431 g/mol. The number of allylic oxidation sites excluding steroid dienone is 3. The van der Waals surface area contributed by atoms with Crippen LogP contribution in [-0.2, 0) is 4.74 Å². The Morgan fingerprint density at radius 3 is 2.75 bits per heavy atom. The van der Waals surface area contributed by atoms with Crippen LogP contribution in [0.15, 0.2) is 64.4 Å². The third-order valence-corrected chi connectivity index (χ3v) is 5.83. The molecular weight excluding hydrogens is 404 g/mol. The lowest BCUT2D eigenvalue weighted by molar-refractivity contribution is 0.0989. The molecule has 0 fully saturated rings. The number of nitrogens with zero attached hydrogens (tertiary/aromatic N) is 4. The second-order valence-corrected chi connectivity index (χ2v) is 8.05. The van der Waals surface area contributed by atoms with E-state index in [1.165, 1.54) is 6.20 Å². The van der Waals surface area contributed by atoms with Crippen LogP contribution in [0.25, 0.3) is 5.69 Å². The smallest absolute Gasteiger partial charge is 0.285 e. The maximum Gasteiger partial charge on any atom is 0.285 e. The predicted molar refractivity (Wildman–Crippen MR) is 121 cm³/mol. The molecule has 4 N–H and O–H groups in total. The Morgan fingerprint density at radius 2 is 2.09 bits per heavy atom. The fourth-order valence-corrected chi connectivity index (χ4v) is 4.35. The minimum atomic E-state index is -0.603. The van der Waals surface area contributed by atoms with Gasteiger partial charge in [0.1, 0.15) is 17.4 Å². The first kappa shape index (κ1) is 21.4. The molecule has 1 aromatic heterocycles. The molecule has 1 aromatic carbocycles. The SMILES string of the molecule is CCCC1=NC(C)CCC2=C1C(c1ccc(-n3ccnc3C(N)=O)cc1)C(C#N)=C(N)O2. The lowest BCUT2D eigenvalue weighted by Crippen LogP contribution is -2.24. The van der Waals surface area contributed by atoms with Crippen molar-refractivity contribution in [3.63, 3.8) is 0 Å². The van der Waals surface area contributed by atoms with Gasteiger partial charge in [-0.2, -0.15) is 5.26 Å². The maximum atomic E-state index is 11.7. The van der Waals surface area contributed by atoms with Crippen molar-refractivity contribution in [3.05, 3.63) is 70.8 Å². The van der Waals surface area contributed by atoms with E-state index in [1.54, 1.807) is 10.8 Å². The van der Waals surface area contributed by atoms with Crippen molar-refractivity contribution in [2.45, 2.75) is 51.5 Å². The summed E-state index contributed by atoms with van der Waals surface area (Å²) in [4.78, 5) is 20.6. The number of hydrogen-bond donors (Lipinski definition) is 2. The largest absolute Gasteiger partial charge is 0.444 e. The molecule has 2 aromatic rings. The topological polar surface area (TPSA) is 132 Å². The molecule has 4 rings (SSSR count). The van der Waals surface area contributed by atoms with Gasteiger partial charge >= 0.3 is 0 Å². The monoisotopic (exact) mass is 430 g/mol. The number of carbonyl (C=O) groups excluding carboxylic acids is 1. The van der Waals surface area contributed by atoms with E-state index in [4.69, 9.17) is 21.2 Å². The number of aromatic nitrogens is 2. The minimum Gasteiger partial charge on any atom is -0.444 e. The number of nitriles is 1. The van der Waals surface area contributed by atoms with Crippen LogP contribution in [-0.4, -0.2) is 27.2 Å². The van der Waals surface area contributed by atoms with Gasteiger partial charge in [-0.05, 0) is 37.5 Å². The highest BCUT2D eigenvalue weighted by Gasteiger charge is 2.36. The molecule has 2 unspecified atom stereocenters. The van der Waals surface area contributed by atoms with E-state index < -0.39 is 5.91 Å². The van der Waals surface area contributed by atoms with Gasteiger partial charge in [0, 0.05) is 41.8 Å². The summed E-state index contributed by atoms with van der Waals surface area (Å²) >= 11 is 0. The van der Waals surface area contributed by atoms with E-state index in [1.807, 2.05) is 24.3 Å². The normalized spacial score (nSPS) is 20.7. The highest BCUT2D eigenvalue weighted by atomic mass is 16.5. The fourth-order valence-electron chi connectivity index (χ4n) is 4.35. The second-order valence-electron chi connectivity index (χ2n) is 8.05. The number of aliphatic imine (C=N–C) groups is 1. The molecule has 0 aliphatic carbocycles. The highest BCUT2D eigenvalue weighted by Crippen LogP contribution is 2.43. The predicted octanol–water partition coefficient (Wildman–Crippen LogP) is 3.46. The van der Waals surface area contributed by atoms with Gasteiger partial charge in [-0.3, -0.25) is 14.4 Å². The number of rotatable bonds is 5. The molecule has 0 saturated heterocycles. The van der Waals surface area contributed by atoms with Crippen LogP contribution >= 0.6 is 0 Å². The van der Waals surface area contributed by atoms with E-state index in [0.29, 0.717) is 5.57 Å². The van der Waals surface area contributed by atoms with Crippen LogP contribution in [0.4, 0.5) is 0 Å². The zero-order valence-electron chi connectivity index (χ0n) is 18.2. The summed E-state index contributed by atoms with van der Waals surface area (Å²) in [6.07, 6.45) is 6.53. The molecule has 8 nitrogen and oxygen atoms in total. The molecule has 0 radical (unpaired) electrons.